The first-order valence-corrected chi connectivity index (χ1v) is 5.70. The van der Waals surface area contributed by atoms with Crippen molar-refractivity contribution in [1.29, 1.82) is 0 Å². The number of allylic oxidation sites excluding steroid dienone is 2. The lowest BCUT2D eigenvalue weighted by Gasteiger charge is -2.28. The van der Waals surface area contributed by atoms with E-state index < -0.39 is 0 Å². The van der Waals surface area contributed by atoms with Crippen LogP contribution >= 0.6 is 0 Å². The highest BCUT2D eigenvalue weighted by atomic mass is 14.3. The molecule has 0 saturated heterocycles. The minimum Gasteiger partial charge on any atom is -0.0993 e. The molecule has 0 aromatic heterocycles. The van der Waals surface area contributed by atoms with Crippen LogP contribution in [0.1, 0.15) is 44.4 Å². The molecule has 0 bridgehead atoms. The van der Waals surface area contributed by atoms with E-state index in [0.29, 0.717) is 0 Å². The van der Waals surface area contributed by atoms with Crippen LogP contribution in [-0.2, 0) is 5.41 Å². The third kappa shape index (κ3) is 2.27. The molecule has 0 amide bonds. The van der Waals surface area contributed by atoms with Crippen LogP contribution in [0.4, 0.5) is 0 Å². The van der Waals surface area contributed by atoms with Crippen LogP contribution in [0.2, 0.25) is 0 Å². The minimum absolute atomic E-state index is 0.0234. The Bertz CT molecular complexity index is 433. The third-order valence-corrected chi connectivity index (χ3v) is 3.47. The highest BCUT2D eigenvalue weighted by Gasteiger charge is 2.23. The number of hydrogen-bond acceptors (Lipinski definition) is 0. The highest BCUT2D eigenvalue weighted by Crippen LogP contribution is 2.33. The van der Waals surface area contributed by atoms with E-state index in [0.717, 1.165) is 5.57 Å². The molecule has 0 spiro atoms. The molecule has 0 aliphatic heterocycles. The zero-order chi connectivity index (χ0) is 12.5. The molecule has 0 unspecified atom stereocenters. The Labute approximate surface area is 99.7 Å². The second kappa shape index (κ2) is 4.29. The zero-order valence-corrected chi connectivity index (χ0v) is 11.1. The first-order valence-electron chi connectivity index (χ1n) is 5.70. The van der Waals surface area contributed by atoms with Gasteiger partial charge in [0.05, 0.1) is 0 Å². The summed E-state index contributed by atoms with van der Waals surface area (Å²) in [7, 11) is 0. The molecule has 0 aliphatic carbocycles. The maximum Gasteiger partial charge on any atom is 0.0102 e. The molecular weight excluding hydrogens is 192 g/mol. The predicted molar refractivity (Wildman–Crippen MR) is 73.7 cm³/mol. The van der Waals surface area contributed by atoms with Gasteiger partial charge in [-0.25, -0.2) is 0 Å². The fourth-order valence-corrected chi connectivity index (χ4v) is 1.79. The van der Waals surface area contributed by atoms with Crippen LogP contribution in [0.25, 0.3) is 5.57 Å². The molecule has 1 aromatic rings. The van der Waals surface area contributed by atoms with Crippen molar-refractivity contribution in [2.24, 2.45) is 0 Å². The highest BCUT2D eigenvalue weighted by molar-refractivity contribution is 5.63. The van der Waals surface area contributed by atoms with Crippen molar-refractivity contribution in [3.63, 3.8) is 0 Å². The van der Waals surface area contributed by atoms with Crippen molar-refractivity contribution < 1.29 is 0 Å². The lowest BCUT2D eigenvalue weighted by Crippen LogP contribution is -2.19. The monoisotopic (exact) mass is 214 g/mol. The van der Waals surface area contributed by atoms with Gasteiger partial charge in [0.1, 0.15) is 0 Å². The normalized spacial score (nSPS) is 11.3. The molecule has 0 nitrogen and oxygen atoms in total. The average molecular weight is 214 g/mol. The molecule has 0 saturated carbocycles. The van der Waals surface area contributed by atoms with E-state index in [9.17, 15) is 0 Å². The average Bonchev–Trinajstić information content (AvgIpc) is 2.17. The van der Waals surface area contributed by atoms with Gasteiger partial charge >= 0.3 is 0 Å². The van der Waals surface area contributed by atoms with Crippen molar-refractivity contribution in [3.05, 3.63) is 53.6 Å². The quantitative estimate of drug-likeness (QED) is 0.629. The summed E-state index contributed by atoms with van der Waals surface area (Å²) in [5.41, 5.74) is 6.21. The minimum atomic E-state index is 0.0234. The van der Waals surface area contributed by atoms with Crippen LogP contribution in [-0.4, -0.2) is 0 Å². The van der Waals surface area contributed by atoms with Gasteiger partial charge in [-0.3, -0.25) is 0 Å². The van der Waals surface area contributed by atoms with Crippen molar-refractivity contribution >= 4 is 5.57 Å². The maximum atomic E-state index is 4.10. The molecule has 0 aliphatic rings. The first-order chi connectivity index (χ1) is 7.26. The summed E-state index contributed by atoms with van der Waals surface area (Å²) < 4.78 is 0. The molecule has 0 heteroatoms. The van der Waals surface area contributed by atoms with Crippen molar-refractivity contribution in [2.75, 3.05) is 0 Å². The lowest BCUT2D eigenvalue weighted by atomic mass is 9.76. The standard InChI is InChI=1S/C16H22/c1-11(2)14-9-8-13(5)15(10-14)16(6,7)12(3)4/h8-10H,1,3H2,2,4-7H3. The van der Waals surface area contributed by atoms with Gasteiger partial charge in [0.2, 0.25) is 0 Å². The summed E-state index contributed by atoms with van der Waals surface area (Å²) in [6, 6.07) is 6.55. The summed E-state index contributed by atoms with van der Waals surface area (Å²) in [6.07, 6.45) is 0. The van der Waals surface area contributed by atoms with Crippen LogP contribution in [0.3, 0.4) is 0 Å². The molecule has 16 heavy (non-hydrogen) atoms. The Kier molecular flexibility index (Phi) is 3.42. The van der Waals surface area contributed by atoms with Crippen molar-refractivity contribution in [2.45, 2.75) is 40.0 Å². The Morgan fingerprint density at radius 1 is 1.12 bits per heavy atom. The van der Waals surface area contributed by atoms with Gasteiger partial charge in [-0.05, 0) is 37.5 Å². The van der Waals surface area contributed by atoms with Gasteiger partial charge in [0, 0.05) is 5.41 Å². The Morgan fingerprint density at radius 2 is 1.69 bits per heavy atom. The molecule has 86 valence electrons. The topological polar surface area (TPSA) is 0 Å². The van der Waals surface area contributed by atoms with E-state index in [1.807, 2.05) is 6.92 Å². The van der Waals surface area contributed by atoms with Gasteiger partial charge in [-0.1, -0.05) is 56.4 Å². The fraction of sp³-hybridized carbons (Fsp3) is 0.375. The predicted octanol–water partition coefficient (Wildman–Crippen LogP) is 4.88. The summed E-state index contributed by atoms with van der Waals surface area (Å²) >= 11 is 0. The molecule has 0 fully saturated rings. The smallest absolute Gasteiger partial charge is 0.0102 e. The van der Waals surface area contributed by atoms with Gasteiger partial charge in [0.15, 0.2) is 0 Å². The lowest BCUT2D eigenvalue weighted by molar-refractivity contribution is 0.621. The molecule has 0 radical (unpaired) electrons. The largest absolute Gasteiger partial charge is 0.0993 e. The molecule has 0 atom stereocenters. The van der Waals surface area contributed by atoms with Gasteiger partial charge < -0.3 is 0 Å². The van der Waals surface area contributed by atoms with Gasteiger partial charge in [0.25, 0.3) is 0 Å². The van der Waals surface area contributed by atoms with Crippen LogP contribution in [0.5, 0.6) is 0 Å². The SMILES string of the molecule is C=C(C)c1ccc(C)c(C(C)(C)C(=C)C)c1. The second-order valence-electron chi connectivity index (χ2n) is 5.22. The fourth-order valence-electron chi connectivity index (χ4n) is 1.79. The summed E-state index contributed by atoms with van der Waals surface area (Å²) in [5.74, 6) is 0. The number of hydrogen-bond donors (Lipinski definition) is 0. The molecular formula is C16H22. The number of rotatable bonds is 3. The maximum absolute atomic E-state index is 4.10. The van der Waals surface area contributed by atoms with E-state index in [1.165, 1.54) is 22.3 Å². The van der Waals surface area contributed by atoms with E-state index in [4.69, 9.17) is 0 Å². The number of aryl methyl sites for hydroxylation is 1. The van der Waals surface area contributed by atoms with Crippen LogP contribution in [0.15, 0.2) is 36.9 Å². The van der Waals surface area contributed by atoms with E-state index in [1.54, 1.807) is 0 Å². The second-order valence-corrected chi connectivity index (χ2v) is 5.22. The first kappa shape index (κ1) is 12.8. The van der Waals surface area contributed by atoms with Crippen LogP contribution < -0.4 is 0 Å². The molecule has 1 rings (SSSR count). The van der Waals surface area contributed by atoms with E-state index in [-0.39, 0.29) is 5.41 Å². The Morgan fingerprint density at radius 3 is 2.12 bits per heavy atom. The third-order valence-electron chi connectivity index (χ3n) is 3.47. The van der Waals surface area contributed by atoms with Crippen LogP contribution in [0, 0.1) is 6.92 Å². The zero-order valence-electron chi connectivity index (χ0n) is 11.1. The van der Waals surface area contributed by atoms with Crippen molar-refractivity contribution in [3.8, 4) is 0 Å². The van der Waals surface area contributed by atoms with E-state index in [2.05, 4.69) is 59.1 Å². The van der Waals surface area contributed by atoms with Crippen molar-refractivity contribution in [1.82, 2.24) is 0 Å². The van der Waals surface area contributed by atoms with Gasteiger partial charge in [-0.15, -0.1) is 0 Å². The molecule has 0 heterocycles. The Balaban J connectivity index is 3.38. The summed E-state index contributed by atoms with van der Waals surface area (Å²) in [6.45, 7) is 18.8. The molecule has 0 N–H and O–H groups in total. The molecule has 1 aromatic carbocycles. The summed E-state index contributed by atoms with van der Waals surface area (Å²) in [5, 5.41) is 0. The number of benzene rings is 1. The van der Waals surface area contributed by atoms with E-state index >= 15 is 0 Å². The Hall–Kier alpha value is -1.30. The van der Waals surface area contributed by atoms with Gasteiger partial charge in [-0.2, -0.15) is 0 Å². The summed E-state index contributed by atoms with van der Waals surface area (Å²) in [4.78, 5) is 0.